The predicted molar refractivity (Wildman–Crippen MR) is 132 cm³/mol. The number of amides is 1. The molecule has 1 amide bonds. The average Bonchev–Trinajstić information content (AvgIpc) is 3.48. The molecule has 4 heterocycles. The van der Waals surface area contributed by atoms with E-state index in [0.717, 1.165) is 28.3 Å². The molecule has 0 unspecified atom stereocenters. The fourth-order valence-electron chi connectivity index (χ4n) is 3.77. The Hall–Kier alpha value is -4.47. The van der Waals surface area contributed by atoms with Crippen molar-refractivity contribution in [3.63, 3.8) is 0 Å². The Balaban J connectivity index is 1.24. The van der Waals surface area contributed by atoms with Crippen molar-refractivity contribution in [2.75, 3.05) is 23.8 Å². The number of anilines is 2. The molecule has 0 aliphatic rings. The molecular formula is C25H25N7O3. The zero-order chi connectivity index (χ0) is 24.2. The third-order valence-corrected chi connectivity index (χ3v) is 5.41. The van der Waals surface area contributed by atoms with Crippen LogP contribution >= 0.6 is 0 Å². The number of aryl methyl sites for hydroxylation is 1. The van der Waals surface area contributed by atoms with Crippen molar-refractivity contribution in [2.24, 2.45) is 0 Å². The van der Waals surface area contributed by atoms with Crippen LogP contribution in [-0.4, -0.2) is 43.6 Å². The van der Waals surface area contributed by atoms with Crippen molar-refractivity contribution in [1.29, 1.82) is 0 Å². The fraction of sp³-hybridized carbons (Fsp3) is 0.240. The molecule has 2 N–H and O–H groups in total. The van der Waals surface area contributed by atoms with Gasteiger partial charge in [-0.1, -0.05) is 24.2 Å². The number of nitrogens with zero attached hydrogens (tertiary/aromatic N) is 5. The van der Waals surface area contributed by atoms with Crippen molar-refractivity contribution >= 4 is 33.7 Å². The van der Waals surface area contributed by atoms with E-state index in [1.807, 2.05) is 54.0 Å². The topological polar surface area (TPSA) is 119 Å². The van der Waals surface area contributed by atoms with Crippen LogP contribution in [0.4, 0.5) is 11.5 Å². The average molecular weight is 472 g/mol. The summed E-state index contributed by atoms with van der Waals surface area (Å²) in [6.07, 6.45) is 8.24. The maximum Gasteiger partial charge on any atom is 0.238 e. The van der Waals surface area contributed by atoms with Gasteiger partial charge in [0, 0.05) is 55.6 Å². The number of nitrogens with one attached hydrogen (secondary N) is 2. The third-order valence-electron chi connectivity index (χ3n) is 5.41. The Bertz CT molecular complexity index is 1490. The van der Waals surface area contributed by atoms with Gasteiger partial charge in [0.2, 0.25) is 23.5 Å². The van der Waals surface area contributed by atoms with Crippen LogP contribution in [0.15, 0.2) is 59.6 Å². The standard InChI is InChI=1S/C25H25N7O3/c1-3-12-34-25-21-14-19(15-32(21)11-10-28-25)30-22(33)7-9-27-24-20-13-18(23-29-16(2)35-31-23)5-4-17(20)6-8-26-24/h4-6,8,10-11,13-15H,3,7,9,12H2,1-2H3,(H,26,27)(H,30,33). The second-order valence-electron chi connectivity index (χ2n) is 8.06. The Morgan fingerprint density at radius 1 is 1.17 bits per heavy atom. The highest BCUT2D eigenvalue weighted by Gasteiger charge is 2.11. The molecule has 0 fully saturated rings. The summed E-state index contributed by atoms with van der Waals surface area (Å²) < 4.78 is 12.7. The quantitative estimate of drug-likeness (QED) is 0.323. The highest BCUT2D eigenvalue weighted by atomic mass is 16.5. The molecule has 35 heavy (non-hydrogen) atoms. The monoisotopic (exact) mass is 471 g/mol. The van der Waals surface area contributed by atoms with Crippen LogP contribution in [0.3, 0.4) is 0 Å². The van der Waals surface area contributed by atoms with Gasteiger partial charge in [-0.05, 0) is 30.0 Å². The molecule has 178 valence electrons. The second-order valence-corrected chi connectivity index (χ2v) is 8.06. The molecule has 0 saturated heterocycles. The van der Waals surface area contributed by atoms with E-state index in [-0.39, 0.29) is 12.3 Å². The highest BCUT2D eigenvalue weighted by molar-refractivity contribution is 5.95. The smallest absolute Gasteiger partial charge is 0.238 e. The summed E-state index contributed by atoms with van der Waals surface area (Å²) in [5.74, 6) is 2.16. The van der Waals surface area contributed by atoms with Crippen molar-refractivity contribution in [3.8, 4) is 17.3 Å². The maximum atomic E-state index is 12.6. The predicted octanol–water partition coefficient (Wildman–Crippen LogP) is 4.47. The number of rotatable bonds is 9. The summed E-state index contributed by atoms with van der Waals surface area (Å²) in [5.41, 5.74) is 2.33. The molecule has 0 spiro atoms. The molecule has 0 radical (unpaired) electrons. The van der Waals surface area contributed by atoms with Gasteiger partial charge in [-0.2, -0.15) is 4.98 Å². The Kier molecular flexibility index (Phi) is 6.25. The molecule has 10 nitrogen and oxygen atoms in total. The van der Waals surface area contributed by atoms with Crippen LogP contribution in [0.25, 0.3) is 27.7 Å². The Morgan fingerprint density at radius 3 is 2.91 bits per heavy atom. The number of ether oxygens (including phenoxy) is 1. The van der Waals surface area contributed by atoms with Gasteiger partial charge in [0.05, 0.1) is 12.3 Å². The first kappa shape index (κ1) is 22.3. The van der Waals surface area contributed by atoms with E-state index in [0.29, 0.717) is 42.3 Å². The van der Waals surface area contributed by atoms with Crippen molar-refractivity contribution in [3.05, 3.63) is 61.0 Å². The number of hydrogen-bond donors (Lipinski definition) is 2. The summed E-state index contributed by atoms with van der Waals surface area (Å²) >= 11 is 0. The molecular weight excluding hydrogens is 446 g/mol. The SMILES string of the molecule is CCCOc1nccn2cc(NC(=O)CCNc3nccc4ccc(-c5noc(C)n5)cc34)cc12. The highest BCUT2D eigenvalue weighted by Crippen LogP contribution is 2.27. The molecule has 0 aliphatic heterocycles. The van der Waals surface area contributed by atoms with Crippen LogP contribution in [0.1, 0.15) is 25.7 Å². The number of fused-ring (bicyclic) bond motifs is 2. The number of aromatic nitrogens is 5. The van der Waals surface area contributed by atoms with Gasteiger partial charge in [-0.3, -0.25) is 4.79 Å². The van der Waals surface area contributed by atoms with E-state index in [1.165, 1.54) is 0 Å². The zero-order valence-corrected chi connectivity index (χ0v) is 19.5. The first-order valence-electron chi connectivity index (χ1n) is 11.4. The lowest BCUT2D eigenvalue weighted by Gasteiger charge is -2.09. The van der Waals surface area contributed by atoms with Gasteiger partial charge < -0.3 is 24.3 Å². The minimum Gasteiger partial charge on any atom is -0.476 e. The van der Waals surface area contributed by atoms with Gasteiger partial charge in [-0.15, -0.1) is 0 Å². The van der Waals surface area contributed by atoms with Crippen LogP contribution in [0.5, 0.6) is 5.88 Å². The third kappa shape index (κ3) is 4.91. The minimum atomic E-state index is -0.111. The fourth-order valence-corrected chi connectivity index (χ4v) is 3.77. The number of carbonyl (C=O) groups is 1. The lowest BCUT2D eigenvalue weighted by Crippen LogP contribution is -2.16. The minimum absolute atomic E-state index is 0.111. The van der Waals surface area contributed by atoms with Crippen molar-refractivity contribution < 1.29 is 14.1 Å². The second kappa shape index (κ2) is 9.80. The van der Waals surface area contributed by atoms with E-state index < -0.39 is 0 Å². The summed E-state index contributed by atoms with van der Waals surface area (Å²) in [7, 11) is 0. The lowest BCUT2D eigenvalue weighted by molar-refractivity contribution is -0.115. The van der Waals surface area contributed by atoms with E-state index in [1.54, 1.807) is 19.3 Å². The van der Waals surface area contributed by atoms with Crippen LogP contribution in [-0.2, 0) is 4.79 Å². The van der Waals surface area contributed by atoms with Gasteiger partial charge in [0.25, 0.3) is 0 Å². The van der Waals surface area contributed by atoms with E-state index in [2.05, 4.69) is 30.7 Å². The summed E-state index contributed by atoms with van der Waals surface area (Å²) in [6, 6.07) is 9.69. The summed E-state index contributed by atoms with van der Waals surface area (Å²) in [5, 5.41) is 12.1. The number of hydrogen-bond acceptors (Lipinski definition) is 8. The summed E-state index contributed by atoms with van der Waals surface area (Å²) in [6.45, 7) is 4.80. The van der Waals surface area contributed by atoms with Crippen molar-refractivity contribution in [1.82, 2.24) is 24.5 Å². The van der Waals surface area contributed by atoms with E-state index in [4.69, 9.17) is 9.26 Å². The first-order chi connectivity index (χ1) is 17.1. The number of pyridine rings is 1. The molecule has 5 aromatic rings. The van der Waals surface area contributed by atoms with E-state index >= 15 is 0 Å². The molecule has 5 rings (SSSR count). The molecule has 0 aliphatic carbocycles. The molecule has 0 saturated carbocycles. The molecule has 4 aromatic heterocycles. The molecule has 0 atom stereocenters. The van der Waals surface area contributed by atoms with Gasteiger partial charge in [0.1, 0.15) is 11.3 Å². The lowest BCUT2D eigenvalue weighted by atomic mass is 10.1. The van der Waals surface area contributed by atoms with E-state index in [9.17, 15) is 4.79 Å². The number of benzene rings is 1. The first-order valence-corrected chi connectivity index (χ1v) is 11.4. The largest absolute Gasteiger partial charge is 0.476 e. The normalized spacial score (nSPS) is 11.1. The zero-order valence-electron chi connectivity index (χ0n) is 19.5. The molecule has 10 heteroatoms. The maximum absolute atomic E-state index is 12.6. The Labute approximate surface area is 201 Å². The van der Waals surface area contributed by atoms with Crippen LogP contribution in [0.2, 0.25) is 0 Å². The molecule has 0 bridgehead atoms. The number of carbonyl (C=O) groups excluding carboxylic acids is 1. The summed E-state index contributed by atoms with van der Waals surface area (Å²) in [4.78, 5) is 25.6. The van der Waals surface area contributed by atoms with Crippen LogP contribution < -0.4 is 15.4 Å². The Morgan fingerprint density at radius 2 is 2.09 bits per heavy atom. The van der Waals surface area contributed by atoms with Gasteiger partial charge in [-0.25, -0.2) is 9.97 Å². The molecule has 1 aromatic carbocycles. The van der Waals surface area contributed by atoms with Gasteiger partial charge in [0.15, 0.2) is 0 Å². The van der Waals surface area contributed by atoms with Crippen LogP contribution in [0, 0.1) is 6.92 Å². The van der Waals surface area contributed by atoms with Crippen molar-refractivity contribution in [2.45, 2.75) is 26.7 Å². The van der Waals surface area contributed by atoms with Gasteiger partial charge >= 0.3 is 0 Å².